The van der Waals surface area contributed by atoms with Gasteiger partial charge in [0.05, 0.1) is 10.7 Å². The van der Waals surface area contributed by atoms with E-state index in [-0.39, 0.29) is 23.6 Å². The van der Waals surface area contributed by atoms with Crippen LogP contribution >= 0.6 is 27.3 Å². The van der Waals surface area contributed by atoms with Gasteiger partial charge in [-0.05, 0) is 68.6 Å². The van der Waals surface area contributed by atoms with Crippen LogP contribution in [0.15, 0.2) is 17.0 Å². The van der Waals surface area contributed by atoms with E-state index < -0.39 is 0 Å². The van der Waals surface area contributed by atoms with E-state index in [4.69, 9.17) is 10.5 Å². The first-order chi connectivity index (χ1) is 17.7. The molecule has 10 nitrogen and oxygen atoms in total. The lowest BCUT2D eigenvalue weighted by Gasteiger charge is -2.44. The maximum atomic E-state index is 13.4. The zero-order valence-electron chi connectivity index (χ0n) is 21.8. The van der Waals surface area contributed by atoms with E-state index in [1.54, 1.807) is 4.52 Å². The van der Waals surface area contributed by atoms with Crippen molar-refractivity contribution >= 4 is 50.2 Å². The van der Waals surface area contributed by atoms with Crippen LogP contribution in [0.5, 0.6) is 5.88 Å². The molecule has 5 heterocycles. The molecule has 0 spiro atoms. The van der Waals surface area contributed by atoms with Crippen molar-refractivity contribution in [3.05, 3.63) is 26.9 Å². The highest BCUT2D eigenvalue weighted by molar-refractivity contribution is 9.10. The quantitative estimate of drug-likeness (QED) is 0.444. The predicted molar refractivity (Wildman–Crippen MR) is 150 cm³/mol. The minimum atomic E-state index is -0.122. The molecule has 3 aromatic rings. The summed E-state index contributed by atoms with van der Waals surface area (Å²) in [5.74, 6) is 0.769. The molecule has 200 valence electrons. The third-order valence-electron chi connectivity index (χ3n) is 7.49. The monoisotopic (exact) mass is 590 g/mol. The molecule has 2 fully saturated rings. The maximum absolute atomic E-state index is 13.4. The minimum Gasteiger partial charge on any atom is -0.473 e. The summed E-state index contributed by atoms with van der Waals surface area (Å²) in [4.78, 5) is 27.5. The van der Waals surface area contributed by atoms with Gasteiger partial charge < -0.3 is 20.7 Å². The number of likely N-dealkylation sites (tertiary alicyclic amines) is 1. The van der Waals surface area contributed by atoms with Gasteiger partial charge in [0.25, 0.3) is 5.91 Å². The van der Waals surface area contributed by atoms with Crippen molar-refractivity contribution in [3.63, 3.8) is 0 Å². The van der Waals surface area contributed by atoms with Crippen molar-refractivity contribution in [1.82, 2.24) is 29.8 Å². The average Bonchev–Trinajstić information content (AvgIpc) is 3.39. The predicted octanol–water partition coefficient (Wildman–Crippen LogP) is 3.88. The molecule has 1 amide bonds. The van der Waals surface area contributed by atoms with Crippen molar-refractivity contribution in [3.8, 4) is 5.88 Å². The number of carbonyl (C=O) groups excluding carboxylic acids is 1. The number of halogens is 1. The second-order valence-electron chi connectivity index (χ2n) is 10.5. The van der Waals surface area contributed by atoms with Crippen LogP contribution in [-0.4, -0.2) is 74.3 Å². The topological polar surface area (TPSA) is 114 Å². The van der Waals surface area contributed by atoms with Crippen molar-refractivity contribution in [2.24, 2.45) is 0 Å². The molecule has 2 aliphatic heterocycles. The maximum Gasteiger partial charge on any atom is 0.267 e. The van der Waals surface area contributed by atoms with Crippen molar-refractivity contribution in [2.75, 3.05) is 36.8 Å². The SMILES string of the molecule is CCN1CCC(Oc2nc(C)sc2C(=O)NC2CCCN(c3cc(Br)n4ncnc(N)c34)C2)CC1(C)C. The summed E-state index contributed by atoms with van der Waals surface area (Å²) in [7, 11) is 0. The highest BCUT2D eigenvalue weighted by atomic mass is 79.9. The fourth-order valence-electron chi connectivity index (χ4n) is 5.68. The molecule has 5 rings (SSSR count). The Kier molecular flexibility index (Phi) is 7.34. The van der Waals surface area contributed by atoms with Crippen LogP contribution in [-0.2, 0) is 0 Å². The molecule has 2 atom stereocenters. The molecule has 0 radical (unpaired) electrons. The van der Waals surface area contributed by atoms with Gasteiger partial charge in [-0.3, -0.25) is 9.69 Å². The largest absolute Gasteiger partial charge is 0.473 e. The number of aromatic nitrogens is 4. The minimum absolute atomic E-state index is 0.0113. The zero-order valence-corrected chi connectivity index (χ0v) is 24.2. The van der Waals surface area contributed by atoms with Gasteiger partial charge >= 0.3 is 0 Å². The number of nitrogens with one attached hydrogen (secondary N) is 1. The Labute approximate surface area is 229 Å². The number of carbonyl (C=O) groups is 1. The zero-order chi connectivity index (χ0) is 26.3. The van der Waals surface area contributed by atoms with Crippen molar-refractivity contribution in [1.29, 1.82) is 0 Å². The van der Waals surface area contributed by atoms with Crippen LogP contribution in [0.4, 0.5) is 11.5 Å². The first-order valence-electron chi connectivity index (χ1n) is 12.9. The van der Waals surface area contributed by atoms with Gasteiger partial charge in [0.2, 0.25) is 5.88 Å². The van der Waals surface area contributed by atoms with E-state index >= 15 is 0 Å². The molecule has 0 saturated carbocycles. The molecule has 12 heteroatoms. The number of amides is 1. The number of rotatable bonds is 6. The summed E-state index contributed by atoms with van der Waals surface area (Å²) < 4.78 is 8.92. The Morgan fingerprint density at radius 2 is 2.16 bits per heavy atom. The van der Waals surface area contributed by atoms with Gasteiger partial charge in [0, 0.05) is 37.6 Å². The van der Waals surface area contributed by atoms with Crippen LogP contribution in [0.3, 0.4) is 0 Å². The number of ether oxygens (including phenoxy) is 1. The number of anilines is 2. The van der Waals surface area contributed by atoms with Gasteiger partial charge in [0.1, 0.15) is 22.6 Å². The number of nitrogen functional groups attached to an aromatic ring is 1. The van der Waals surface area contributed by atoms with Crippen LogP contribution < -0.4 is 20.7 Å². The number of nitrogens with zero attached hydrogens (tertiary/aromatic N) is 6. The number of aryl methyl sites for hydroxylation is 1. The number of hydrogen-bond acceptors (Lipinski definition) is 9. The summed E-state index contributed by atoms with van der Waals surface area (Å²) >= 11 is 4.96. The lowest BCUT2D eigenvalue weighted by Crippen LogP contribution is -2.52. The smallest absolute Gasteiger partial charge is 0.267 e. The van der Waals surface area contributed by atoms with Crippen LogP contribution in [0.2, 0.25) is 0 Å². The van der Waals surface area contributed by atoms with Crippen LogP contribution in [0.25, 0.3) is 5.52 Å². The first-order valence-corrected chi connectivity index (χ1v) is 14.5. The fraction of sp³-hybridized carbons (Fsp3) is 0.600. The van der Waals surface area contributed by atoms with Crippen LogP contribution in [0.1, 0.15) is 61.1 Å². The molecule has 37 heavy (non-hydrogen) atoms. The van der Waals surface area contributed by atoms with E-state index in [0.717, 1.165) is 66.1 Å². The Bertz CT molecular complexity index is 1290. The number of nitrogens with two attached hydrogens (primary N) is 1. The Morgan fingerprint density at radius 1 is 1.35 bits per heavy atom. The highest BCUT2D eigenvalue weighted by Crippen LogP contribution is 2.34. The van der Waals surface area contributed by atoms with Gasteiger partial charge in [-0.1, -0.05) is 6.92 Å². The first kappa shape index (κ1) is 26.2. The summed E-state index contributed by atoms with van der Waals surface area (Å²) in [6, 6.07) is 2.00. The Morgan fingerprint density at radius 3 is 2.92 bits per heavy atom. The van der Waals surface area contributed by atoms with Crippen molar-refractivity contribution < 1.29 is 9.53 Å². The van der Waals surface area contributed by atoms with Gasteiger partial charge in [-0.15, -0.1) is 11.3 Å². The number of piperidine rings is 2. The van der Waals surface area contributed by atoms with Crippen LogP contribution in [0, 0.1) is 6.92 Å². The normalized spacial score (nSPS) is 22.4. The van der Waals surface area contributed by atoms with Gasteiger partial charge in [-0.2, -0.15) is 5.10 Å². The molecule has 0 aromatic carbocycles. The average molecular weight is 592 g/mol. The second kappa shape index (κ2) is 10.4. The number of thiazole rings is 1. The van der Waals surface area contributed by atoms with Gasteiger partial charge in [0.15, 0.2) is 10.7 Å². The Balaban J connectivity index is 1.28. The standard InChI is InChI=1S/C25H35BrN8O2S/c1-5-33-10-8-17(12-25(33,3)4)36-24-21(37-15(2)30-24)23(35)31-16-7-6-9-32(13-16)18-11-19(26)34-20(18)22(27)28-14-29-34/h11,14,16-17H,5-10,12-13H2,1-4H3,(H,31,35)(H2,27,28,29). The number of hydrogen-bond donors (Lipinski definition) is 2. The molecule has 0 bridgehead atoms. The van der Waals surface area contributed by atoms with Gasteiger partial charge in [-0.25, -0.2) is 14.5 Å². The molecule has 3 aromatic heterocycles. The fourth-order valence-corrected chi connectivity index (χ4v) is 6.93. The molecule has 2 unspecified atom stereocenters. The third-order valence-corrected chi connectivity index (χ3v) is 9.01. The van der Waals surface area contributed by atoms with E-state index in [0.29, 0.717) is 23.1 Å². The molecule has 3 N–H and O–H groups in total. The molecular weight excluding hydrogens is 556 g/mol. The van der Waals surface area contributed by atoms with E-state index in [9.17, 15) is 4.79 Å². The summed E-state index contributed by atoms with van der Waals surface area (Å²) in [5, 5.41) is 8.38. The molecule has 0 aliphatic carbocycles. The summed E-state index contributed by atoms with van der Waals surface area (Å²) in [6.45, 7) is 12.2. The van der Waals surface area contributed by atoms with E-state index in [2.05, 4.69) is 66.9 Å². The Hall–Kier alpha value is -2.44. The number of fused-ring (bicyclic) bond motifs is 1. The van der Waals surface area contributed by atoms with Crippen molar-refractivity contribution in [2.45, 2.75) is 71.1 Å². The molecule has 2 saturated heterocycles. The molecule has 2 aliphatic rings. The van der Waals surface area contributed by atoms with E-state index in [1.165, 1.54) is 17.7 Å². The highest BCUT2D eigenvalue weighted by Gasteiger charge is 2.36. The lowest BCUT2D eigenvalue weighted by molar-refractivity contribution is 0.0105. The second-order valence-corrected chi connectivity index (χ2v) is 12.5. The van der Waals surface area contributed by atoms with E-state index in [1.807, 2.05) is 13.0 Å². The summed E-state index contributed by atoms with van der Waals surface area (Å²) in [6.07, 6.45) is 5.18. The lowest BCUT2D eigenvalue weighted by atomic mass is 9.88. The molecular formula is C25H35BrN8O2S. The third kappa shape index (κ3) is 5.28. The summed E-state index contributed by atoms with van der Waals surface area (Å²) in [5.41, 5.74) is 7.98.